The molecule has 12 unspecified atom stereocenters. The Morgan fingerprint density at radius 2 is 1.64 bits per heavy atom. The number of aliphatic hydroxyl groups is 5. The average molecular weight is 465 g/mol. The average Bonchev–Trinajstić information content (AvgIpc) is 3.05. The van der Waals surface area contributed by atoms with E-state index in [2.05, 4.69) is 34.3 Å². The van der Waals surface area contributed by atoms with Crippen molar-refractivity contribution in [1.82, 2.24) is 0 Å². The van der Waals surface area contributed by atoms with Gasteiger partial charge < -0.3 is 25.5 Å². The van der Waals surface area contributed by atoms with Crippen LogP contribution in [0.15, 0.2) is 12.2 Å². The van der Waals surface area contributed by atoms with Crippen LogP contribution in [0.2, 0.25) is 0 Å². The van der Waals surface area contributed by atoms with E-state index in [1.54, 1.807) is 0 Å². The quantitative estimate of drug-likeness (QED) is 0.400. The van der Waals surface area contributed by atoms with E-state index >= 15 is 0 Å². The van der Waals surface area contributed by atoms with Crippen LogP contribution in [-0.2, 0) is 0 Å². The van der Waals surface area contributed by atoms with Gasteiger partial charge in [0.1, 0.15) is 5.60 Å². The summed E-state index contributed by atoms with van der Waals surface area (Å²) in [6, 6.07) is 0. The molecule has 4 rings (SSSR count). The fraction of sp³-hybridized carbons (Fsp3) is 0.929. The number of fused-ring (bicyclic) bond motifs is 5. The summed E-state index contributed by atoms with van der Waals surface area (Å²) in [5.74, 6) is 1.71. The van der Waals surface area contributed by atoms with Crippen molar-refractivity contribution in [1.29, 1.82) is 0 Å². The van der Waals surface area contributed by atoms with Crippen molar-refractivity contribution in [2.75, 3.05) is 0 Å². The van der Waals surface area contributed by atoms with E-state index < -0.39 is 35.4 Å². The van der Waals surface area contributed by atoms with E-state index in [1.165, 1.54) is 5.57 Å². The minimum atomic E-state index is -1.58. The lowest BCUT2D eigenvalue weighted by Gasteiger charge is -2.67. The third-order valence-electron chi connectivity index (χ3n) is 11.4. The first-order chi connectivity index (χ1) is 15.3. The highest BCUT2D eigenvalue weighted by Gasteiger charge is 2.72. The van der Waals surface area contributed by atoms with Crippen molar-refractivity contribution < 1.29 is 25.5 Å². The van der Waals surface area contributed by atoms with E-state index in [-0.39, 0.29) is 30.1 Å². The lowest BCUT2D eigenvalue weighted by molar-refractivity contribution is -0.310. The molecule has 0 amide bonds. The van der Waals surface area contributed by atoms with Gasteiger partial charge in [0.15, 0.2) is 0 Å². The summed E-state index contributed by atoms with van der Waals surface area (Å²) in [6.07, 6.45) is 2.27. The maximum Gasteiger partial charge on any atom is 0.101 e. The molecular weight excluding hydrogens is 416 g/mol. The molecular formula is C28H48O5. The second-order valence-corrected chi connectivity index (χ2v) is 13.2. The predicted octanol–water partition coefficient (Wildman–Crippen LogP) is 3.66. The Kier molecular flexibility index (Phi) is 6.67. The summed E-state index contributed by atoms with van der Waals surface area (Å²) in [7, 11) is 0. The van der Waals surface area contributed by atoms with Gasteiger partial charge in [0, 0.05) is 11.8 Å². The Hall–Kier alpha value is -0.460. The Labute approximate surface area is 200 Å². The van der Waals surface area contributed by atoms with Crippen molar-refractivity contribution >= 4 is 0 Å². The number of hydrogen-bond acceptors (Lipinski definition) is 5. The Morgan fingerprint density at radius 1 is 0.970 bits per heavy atom. The molecule has 0 saturated heterocycles. The maximum absolute atomic E-state index is 11.6. The molecule has 4 aliphatic rings. The molecule has 0 radical (unpaired) electrons. The molecule has 4 aliphatic carbocycles. The molecule has 0 aliphatic heterocycles. The third-order valence-corrected chi connectivity index (χ3v) is 11.4. The van der Waals surface area contributed by atoms with Crippen LogP contribution >= 0.6 is 0 Å². The molecule has 33 heavy (non-hydrogen) atoms. The van der Waals surface area contributed by atoms with E-state index in [0.29, 0.717) is 36.5 Å². The van der Waals surface area contributed by atoms with Gasteiger partial charge in [-0.1, -0.05) is 46.8 Å². The number of aliphatic hydroxyl groups excluding tert-OH is 4. The molecule has 4 saturated carbocycles. The standard InChI is InChI=1S/C28H48O5/c1-15(2)16(3)7-8-17(4)20-9-10-21-19-12-24(32)28(33)13-18(29)11-23(31)27(28,6)25(19)22(30)14-26(20,21)5/h15,17-25,29-33H,3,7-14H2,1-2,4-6H3. The minimum absolute atomic E-state index is 0.0101. The Bertz CT molecular complexity index is 753. The largest absolute Gasteiger partial charge is 0.393 e. The van der Waals surface area contributed by atoms with Crippen LogP contribution in [0.1, 0.15) is 86.0 Å². The minimum Gasteiger partial charge on any atom is -0.393 e. The summed E-state index contributed by atoms with van der Waals surface area (Å²) < 4.78 is 0. The van der Waals surface area contributed by atoms with Crippen molar-refractivity contribution in [3.63, 3.8) is 0 Å². The first-order valence-electron chi connectivity index (χ1n) is 13.4. The monoisotopic (exact) mass is 464 g/mol. The van der Waals surface area contributed by atoms with Crippen LogP contribution in [-0.4, -0.2) is 55.5 Å². The summed E-state index contributed by atoms with van der Waals surface area (Å²) >= 11 is 0. The van der Waals surface area contributed by atoms with Crippen LogP contribution in [0.5, 0.6) is 0 Å². The first-order valence-corrected chi connectivity index (χ1v) is 13.4. The highest BCUT2D eigenvalue weighted by molar-refractivity contribution is 5.21. The smallest absolute Gasteiger partial charge is 0.101 e. The third kappa shape index (κ3) is 3.67. The lowest BCUT2D eigenvalue weighted by Crippen LogP contribution is -2.74. The van der Waals surface area contributed by atoms with Gasteiger partial charge in [-0.2, -0.15) is 0 Å². The van der Waals surface area contributed by atoms with E-state index in [9.17, 15) is 25.5 Å². The lowest BCUT2D eigenvalue weighted by atomic mass is 9.41. The van der Waals surface area contributed by atoms with E-state index in [0.717, 1.165) is 25.7 Å². The van der Waals surface area contributed by atoms with Gasteiger partial charge in [-0.05, 0) is 85.9 Å². The zero-order valence-electron chi connectivity index (χ0n) is 21.4. The molecule has 4 fully saturated rings. The van der Waals surface area contributed by atoms with Gasteiger partial charge >= 0.3 is 0 Å². The molecule has 0 bridgehead atoms. The van der Waals surface area contributed by atoms with Crippen molar-refractivity contribution in [3.8, 4) is 0 Å². The highest BCUT2D eigenvalue weighted by atomic mass is 16.4. The van der Waals surface area contributed by atoms with Crippen LogP contribution in [0.3, 0.4) is 0 Å². The first kappa shape index (κ1) is 25.6. The van der Waals surface area contributed by atoms with Gasteiger partial charge in [0.05, 0.1) is 24.4 Å². The van der Waals surface area contributed by atoms with E-state index in [1.807, 2.05) is 6.92 Å². The second kappa shape index (κ2) is 8.58. The molecule has 5 nitrogen and oxygen atoms in total. The highest BCUT2D eigenvalue weighted by Crippen LogP contribution is 2.69. The molecule has 12 atom stereocenters. The van der Waals surface area contributed by atoms with Crippen molar-refractivity contribution in [2.45, 2.75) is 116 Å². The molecule has 0 aromatic carbocycles. The molecule has 0 heterocycles. The zero-order valence-corrected chi connectivity index (χ0v) is 21.4. The fourth-order valence-corrected chi connectivity index (χ4v) is 9.32. The van der Waals surface area contributed by atoms with Gasteiger partial charge in [0.2, 0.25) is 0 Å². The number of rotatable bonds is 5. The van der Waals surface area contributed by atoms with Crippen molar-refractivity contribution in [2.24, 2.45) is 46.3 Å². The number of allylic oxidation sites excluding steroid dienone is 1. The molecule has 190 valence electrons. The summed E-state index contributed by atoms with van der Waals surface area (Å²) in [4.78, 5) is 0. The van der Waals surface area contributed by atoms with Crippen LogP contribution in [0.4, 0.5) is 0 Å². The summed E-state index contributed by atoms with van der Waals surface area (Å²) in [5.41, 5.74) is -1.32. The topological polar surface area (TPSA) is 101 Å². The molecule has 0 spiro atoms. The number of hydrogen-bond donors (Lipinski definition) is 5. The molecule has 5 N–H and O–H groups in total. The molecule has 0 aromatic rings. The van der Waals surface area contributed by atoms with Crippen LogP contribution < -0.4 is 0 Å². The summed E-state index contributed by atoms with van der Waals surface area (Å²) in [6.45, 7) is 15.2. The SMILES string of the molecule is C=C(CCC(C)C1CCC2C3CC(O)C4(O)CC(O)CC(O)C4(C)C3C(O)CC12C)C(C)C. The second-order valence-electron chi connectivity index (χ2n) is 13.2. The van der Waals surface area contributed by atoms with Gasteiger partial charge in [-0.3, -0.25) is 0 Å². The summed E-state index contributed by atoms with van der Waals surface area (Å²) in [5, 5.41) is 55.9. The predicted molar refractivity (Wildman–Crippen MR) is 129 cm³/mol. The zero-order chi connectivity index (χ0) is 24.5. The molecule has 5 heteroatoms. The molecule has 0 aromatic heterocycles. The Morgan fingerprint density at radius 3 is 2.27 bits per heavy atom. The Balaban J connectivity index is 1.61. The maximum atomic E-state index is 11.6. The fourth-order valence-electron chi connectivity index (χ4n) is 9.32. The normalized spacial score (nSPS) is 52.7. The van der Waals surface area contributed by atoms with Gasteiger partial charge in [-0.15, -0.1) is 0 Å². The van der Waals surface area contributed by atoms with Crippen molar-refractivity contribution in [3.05, 3.63) is 12.2 Å². The van der Waals surface area contributed by atoms with Crippen LogP contribution in [0.25, 0.3) is 0 Å². The van der Waals surface area contributed by atoms with E-state index in [4.69, 9.17) is 0 Å². The van der Waals surface area contributed by atoms with Gasteiger partial charge in [-0.25, -0.2) is 0 Å². The van der Waals surface area contributed by atoms with Gasteiger partial charge in [0.25, 0.3) is 0 Å². The van der Waals surface area contributed by atoms with Crippen LogP contribution in [0, 0.1) is 46.3 Å².